The van der Waals surface area contributed by atoms with E-state index in [1.807, 2.05) is 25.1 Å². The highest BCUT2D eigenvalue weighted by molar-refractivity contribution is 7.99. The predicted octanol–water partition coefficient (Wildman–Crippen LogP) is 3.49. The van der Waals surface area contributed by atoms with Crippen molar-refractivity contribution in [1.82, 2.24) is 20.2 Å². The van der Waals surface area contributed by atoms with Crippen LogP contribution >= 0.6 is 23.4 Å². The van der Waals surface area contributed by atoms with Crippen molar-refractivity contribution in [2.24, 2.45) is 0 Å². The van der Waals surface area contributed by atoms with Gasteiger partial charge in [-0.05, 0) is 25.5 Å². The van der Waals surface area contributed by atoms with Crippen molar-refractivity contribution >= 4 is 29.3 Å². The van der Waals surface area contributed by atoms with Gasteiger partial charge >= 0.3 is 0 Å². The maximum absolute atomic E-state index is 12.1. The number of rotatable bonds is 9. The van der Waals surface area contributed by atoms with Gasteiger partial charge in [0.25, 0.3) is 0 Å². The van der Waals surface area contributed by atoms with Crippen molar-refractivity contribution in [2.45, 2.75) is 50.7 Å². The zero-order valence-electron chi connectivity index (χ0n) is 14.5. The normalized spacial score (nSPS) is 12.1. The molecule has 1 atom stereocenters. The van der Waals surface area contributed by atoms with E-state index in [9.17, 15) is 4.79 Å². The predicted molar refractivity (Wildman–Crippen MR) is 103 cm³/mol. The minimum atomic E-state index is -0.0312. The van der Waals surface area contributed by atoms with Gasteiger partial charge < -0.3 is 11.2 Å². The Morgan fingerprint density at radius 2 is 2.12 bits per heavy atom. The Kier molecular flexibility index (Phi) is 7.58. The van der Waals surface area contributed by atoms with Crippen molar-refractivity contribution in [3.05, 3.63) is 29.3 Å². The lowest BCUT2D eigenvalue weighted by atomic mass is 10.1. The van der Waals surface area contributed by atoms with E-state index in [0.717, 1.165) is 12.8 Å². The summed E-state index contributed by atoms with van der Waals surface area (Å²) in [6.07, 6.45) is 4.49. The number of benzene rings is 1. The summed E-state index contributed by atoms with van der Waals surface area (Å²) in [6.45, 7) is 4.19. The standard InChI is InChI=1S/C17H24ClN5OS/c1-3-4-5-8-12(2)20-15(24)11-25-17-22-21-16(23(17)19)13-9-6-7-10-14(13)18/h6-7,9-10,12H,3-5,8,11,19H2,1-2H3,(H,20,24)/t12-/m0/s1. The Balaban J connectivity index is 1.90. The first-order valence-electron chi connectivity index (χ1n) is 8.40. The van der Waals surface area contributed by atoms with Gasteiger partial charge in [-0.1, -0.05) is 61.7 Å². The first kappa shape index (κ1) is 19.6. The largest absolute Gasteiger partial charge is 0.353 e. The van der Waals surface area contributed by atoms with E-state index >= 15 is 0 Å². The maximum Gasteiger partial charge on any atom is 0.230 e. The summed E-state index contributed by atoms with van der Waals surface area (Å²) >= 11 is 7.43. The lowest BCUT2D eigenvalue weighted by molar-refractivity contribution is -0.119. The van der Waals surface area contributed by atoms with E-state index in [0.29, 0.717) is 21.6 Å². The van der Waals surface area contributed by atoms with Crippen LogP contribution in [0.4, 0.5) is 0 Å². The highest BCUT2D eigenvalue weighted by Crippen LogP contribution is 2.27. The summed E-state index contributed by atoms with van der Waals surface area (Å²) < 4.78 is 1.36. The van der Waals surface area contributed by atoms with Crippen LogP contribution in [0.15, 0.2) is 29.4 Å². The molecule has 136 valence electrons. The molecule has 1 amide bonds. The van der Waals surface area contributed by atoms with E-state index in [1.54, 1.807) is 6.07 Å². The topological polar surface area (TPSA) is 85.8 Å². The first-order valence-corrected chi connectivity index (χ1v) is 9.76. The van der Waals surface area contributed by atoms with E-state index in [4.69, 9.17) is 17.4 Å². The SMILES string of the molecule is CCCCC[C@H](C)NC(=O)CSc1nnc(-c2ccccc2Cl)n1N. The molecule has 2 rings (SSSR count). The molecule has 1 aromatic carbocycles. The molecule has 3 N–H and O–H groups in total. The van der Waals surface area contributed by atoms with Gasteiger partial charge in [0.05, 0.1) is 10.8 Å². The Bertz CT molecular complexity index is 706. The number of nitrogens with zero attached hydrogens (tertiary/aromatic N) is 3. The summed E-state index contributed by atoms with van der Waals surface area (Å²) in [5.41, 5.74) is 0.708. The summed E-state index contributed by atoms with van der Waals surface area (Å²) in [4.78, 5) is 12.1. The molecular weight excluding hydrogens is 358 g/mol. The van der Waals surface area contributed by atoms with Crippen molar-refractivity contribution in [3.8, 4) is 11.4 Å². The lowest BCUT2D eigenvalue weighted by Crippen LogP contribution is -2.33. The number of nitrogens with one attached hydrogen (secondary N) is 1. The molecule has 0 aliphatic rings. The Labute approximate surface area is 157 Å². The molecule has 0 bridgehead atoms. The fourth-order valence-corrected chi connectivity index (χ4v) is 3.31. The number of carbonyl (C=O) groups excluding carboxylic acids is 1. The van der Waals surface area contributed by atoms with Crippen LogP contribution in [0, 0.1) is 0 Å². The number of nitrogen functional groups attached to an aromatic ring is 1. The van der Waals surface area contributed by atoms with Crippen LogP contribution in [0.5, 0.6) is 0 Å². The zero-order chi connectivity index (χ0) is 18.2. The summed E-state index contributed by atoms with van der Waals surface area (Å²) in [7, 11) is 0. The lowest BCUT2D eigenvalue weighted by Gasteiger charge is -2.13. The third kappa shape index (κ3) is 5.64. The van der Waals surface area contributed by atoms with Crippen molar-refractivity contribution < 1.29 is 4.79 Å². The molecule has 0 saturated carbocycles. The van der Waals surface area contributed by atoms with Crippen LogP contribution in [-0.2, 0) is 4.79 Å². The van der Waals surface area contributed by atoms with Gasteiger partial charge in [-0.2, -0.15) is 0 Å². The highest BCUT2D eigenvalue weighted by Gasteiger charge is 2.16. The summed E-state index contributed by atoms with van der Waals surface area (Å²) in [5.74, 6) is 6.74. The second-order valence-corrected chi connectivity index (χ2v) is 7.26. The molecule has 8 heteroatoms. The average molecular weight is 382 g/mol. The van der Waals surface area contributed by atoms with Crippen molar-refractivity contribution in [3.63, 3.8) is 0 Å². The molecule has 6 nitrogen and oxygen atoms in total. The fourth-order valence-electron chi connectivity index (χ4n) is 2.42. The fraction of sp³-hybridized carbons (Fsp3) is 0.471. The van der Waals surface area contributed by atoms with Crippen LogP contribution in [0.25, 0.3) is 11.4 Å². The van der Waals surface area contributed by atoms with Crippen LogP contribution in [0.2, 0.25) is 5.02 Å². The molecular formula is C17H24ClN5OS. The maximum atomic E-state index is 12.1. The third-order valence-electron chi connectivity index (χ3n) is 3.76. The molecule has 0 unspecified atom stereocenters. The minimum Gasteiger partial charge on any atom is -0.353 e. The molecule has 0 radical (unpaired) electrons. The number of hydrogen-bond donors (Lipinski definition) is 2. The number of aromatic nitrogens is 3. The minimum absolute atomic E-state index is 0.0312. The molecule has 0 aliphatic heterocycles. The Morgan fingerprint density at radius 3 is 2.84 bits per heavy atom. The smallest absolute Gasteiger partial charge is 0.230 e. The van der Waals surface area contributed by atoms with Crippen molar-refractivity contribution in [2.75, 3.05) is 11.6 Å². The quantitative estimate of drug-likeness (QED) is 0.394. The molecule has 25 heavy (non-hydrogen) atoms. The van der Waals surface area contributed by atoms with Gasteiger partial charge in [0.2, 0.25) is 11.1 Å². The molecule has 0 spiro atoms. The number of halogens is 1. The van der Waals surface area contributed by atoms with E-state index in [1.165, 1.54) is 29.3 Å². The number of amides is 1. The Morgan fingerprint density at radius 1 is 1.36 bits per heavy atom. The summed E-state index contributed by atoms with van der Waals surface area (Å²) in [5, 5.41) is 12.2. The number of thioether (sulfide) groups is 1. The van der Waals surface area contributed by atoms with E-state index < -0.39 is 0 Å². The third-order valence-corrected chi connectivity index (χ3v) is 5.03. The average Bonchev–Trinajstić information content (AvgIpc) is 2.94. The van der Waals surface area contributed by atoms with Gasteiger partial charge in [0.1, 0.15) is 0 Å². The summed E-state index contributed by atoms with van der Waals surface area (Å²) in [6, 6.07) is 7.47. The van der Waals surface area contributed by atoms with Gasteiger partial charge in [-0.3, -0.25) is 4.79 Å². The number of unbranched alkanes of at least 4 members (excludes halogenated alkanes) is 2. The Hall–Kier alpha value is -1.73. The number of hydrogen-bond acceptors (Lipinski definition) is 5. The second kappa shape index (κ2) is 9.68. The number of carbonyl (C=O) groups is 1. The zero-order valence-corrected chi connectivity index (χ0v) is 16.1. The van der Waals surface area contributed by atoms with Crippen LogP contribution in [0.3, 0.4) is 0 Å². The van der Waals surface area contributed by atoms with Crippen molar-refractivity contribution in [1.29, 1.82) is 0 Å². The molecule has 2 aromatic rings. The van der Waals surface area contributed by atoms with Gasteiger partial charge in [0, 0.05) is 11.6 Å². The van der Waals surface area contributed by atoms with Gasteiger partial charge in [-0.15, -0.1) is 10.2 Å². The van der Waals surface area contributed by atoms with Crippen LogP contribution in [0.1, 0.15) is 39.5 Å². The molecule has 0 saturated heterocycles. The second-order valence-electron chi connectivity index (χ2n) is 5.91. The highest BCUT2D eigenvalue weighted by atomic mass is 35.5. The first-order chi connectivity index (χ1) is 12.0. The molecule has 0 fully saturated rings. The van der Waals surface area contributed by atoms with Gasteiger partial charge in [0.15, 0.2) is 5.82 Å². The molecule has 0 aliphatic carbocycles. The molecule has 1 aromatic heterocycles. The monoisotopic (exact) mass is 381 g/mol. The van der Waals surface area contributed by atoms with E-state index in [2.05, 4.69) is 22.4 Å². The van der Waals surface area contributed by atoms with E-state index in [-0.39, 0.29) is 17.7 Å². The van der Waals surface area contributed by atoms with Crippen LogP contribution in [-0.4, -0.2) is 32.6 Å². The molecule has 1 heterocycles. The number of nitrogens with two attached hydrogens (primary N) is 1. The van der Waals surface area contributed by atoms with Crippen LogP contribution < -0.4 is 11.2 Å². The van der Waals surface area contributed by atoms with Gasteiger partial charge in [-0.25, -0.2) is 4.68 Å².